The van der Waals surface area contributed by atoms with Crippen molar-refractivity contribution in [1.29, 1.82) is 0 Å². The topological polar surface area (TPSA) is 105 Å². The number of hydrogen-bond donors (Lipinski definition) is 2. The van der Waals surface area contributed by atoms with Crippen molar-refractivity contribution in [2.45, 2.75) is 18.7 Å². The minimum Gasteiger partial charge on any atom is -0.507 e. The average Bonchev–Trinajstić information content (AvgIpc) is 2.67. The van der Waals surface area contributed by atoms with E-state index in [9.17, 15) is 13.5 Å². The third kappa shape index (κ3) is 3.75. The molecule has 0 amide bonds. The predicted molar refractivity (Wildman–Crippen MR) is 102 cm³/mol. The number of anilines is 1. The molecule has 0 bridgehead atoms. The van der Waals surface area contributed by atoms with Gasteiger partial charge in [0.2, 0.25) is 0 Å². The van der Waals surface area contributed by atoms with Crippen LogP contribution in [0.5, 0.6) is 5.75 Å². The number of pyridine rings is 1. The van der Waals surface area contributed by atoms with Gasteiger partial charge < -0.3 is 10.4 Å². The van der Waals surface area contributed by atoms with E-state index < -0.39 is 9.84 Å². The first-order valence-corrected chi connectivity index (χ1v) is 10.4. The van der Waals surface area contributed by atoms with E-state index in [1.54, 1.807) is 36.7 Å². The first kappa shape index (κ1) is 17.4. The van der Waals surface area contributed by atoms with Crippen LogP contribution in [0.1, 0.15) is 16.8 Å². The molecule has 1 aromatic carbocycles. The highest BCUT2D eigenvalue weighted by atomic mass is 32.2. The lowest BCUT2D eigenvalue weighted by atomic mass is 10.1. The Bertz CT molecular complexity index is 1090. The molecule has 4 rings (SSSR count). The number of benzene rings is 1. The fraction of sp³-hybridized carbons (Fsp3) is 0.211. The van der Waals surface area contributed by atoms with Crippen LogP contribution in [0.25, 0.3) is 11.4 Å². The summed E-state index contributed by atoms with van der Waals surface area (Å²) in [5.74, 6) is 0.919. The number of phenols is 1. The highest BCUT2D eigenvalue weighted by Crippen LogP contribution is 2.31. The molecule has 7 nitrogen and oxygen atoms in total. The molecule has 0 aliphatic carbocycles. The van der Waals surface area contributed by atoms with E-state index in [0.717, 1.165) is 5.56 Å². The maximum atomic E-state index is 12.1. The lowest BCUT2D eigenvalue weighted by molar-refractivity contribution is 0.477. The van der Waals surface area contributed by atoms with E-state index in [-0.39, 0.29) is 17.3 Å². The van der Waals surface area contributed by atoms with Crippen molar-refractivity contribution in [2.24, 2.45) is 0 Å². The second-order valence-electron chi connectivity index (χ2n) is 6.40. The molecule has 0 saturated carbocycles. The van der Waals surface area contributed by atoms with Gasteiger partial charge in [-0.25, -0.2) is 18.4 Å². The molecule has 3 heterocycles. The molecule has 1 aliphatic rings. The molecule has 0 spiro atoms. The maximum absolute atomic E-state index is 12.1. The van der Waals surface area contributed by atoms with Gasteiger partial charge in [0.05, 0.1) is 22.8 Å². The van der Waals surface area contributed by atoms with Gasteiger partial charge in [-0.1, -0.05) is 18.2 Å². The molecule has 8 heteroatoms. The van der Waals surface area contributed by atoms with Crippen LogP contribution in [0.15, 0.2) is 48.8 Å². The van der Waals surface area contributed by atoms with E-state index >= 15 is 0 Å². The zero-order valence-electron chi connectivity index (χ0n) is 14.5. The van der Waals surface area contributed by atoms with Crippen LogP contribution < -0.4 is 5.32 Å². The van der Waals surface area contributed by atoms with Crippen LogP contribution in [0.2, 0.25) is 0 Å². The molecule has 0 fully saturated rings. The maximum Gasteiger partial charge on any atom is 0.165 e. The van der Waals surface area contributed by atoms with Crippen LogP contribution in [0.4, 0.5) is 5.82 Å². The number of rotatable bonds is 4. The fourth-order valence-corrected chi connectivity index (χ4v) is 4.44. The van der Waals surface area contributed by atoms with E-state index in [0.29, 0.717) is 41.4 Å². The van der Waals surface area contributed by atoms with Gasteiger partial charge in [-0.15, -0.1) is 0 Å². The zero-order chi connectivity index (χ0) is 18.9. The molecular formula is C19H18N4O3S. The number of phenolic OH excluding ortho intramolecular Hbond substituents is 1. The van der Waals surface area contributed by atoms with Crippen molar-refractivity contribution < 1.29 is 13.5 Å². The Morgan fingerprint density at radius 2 is 1.96 bits per heavy atom. The Kier molecular flexibility index (Phi) is 4.49. The van der Waals surface area contributed by atoms with Crippen LogP contribution in [0.3, 0.4) is 0 Å². The van der Waals surface area contributed by atoms with Gasteiger partial charge in [0.15, 0.2) is 15.7 Å². The first-order valence-electron chi connectivity index (χ1n) is 8.53. The van der Waals surface area contributed by atoms with Gasteiger partial charge in [0, 0.05) is 30.9 Å². The van der Waals surface area contributed by atoms with E-state index in [1.807, 2.05) is 12.1 Å². The van der Waals surface area contributed by atoms with Gasteiger partial charge in [-0.3, -0.25) is 4.98 Å². The summed E-state index contributed by atoms with van der Waals surface area (Å²) in [5, 5.41) is 13.4. The number of hydrogen-bond acceptors (Lipinski definition) is 7. The Labute approximate surface area is 157 Å². The quantitative estimate of drug-likeness (QED) is 0.713. The summed E-state index contributed by atoms with van der Waals surface area (Å²) < 4.78 is 24.2. The molecule has 27 heavy (non-hydrogen) atoms. The standard InChI is InChI=1S/C19H18N4O3S/c24-17-6-2-1-5-14(17)19-22-16-7-9-27(25,26)12-15(16)18(23-19)21-11-13-4-3-8-20-10-13/h1-6,8,10,24H,7,9,11-12H2,(H,21,22,23). The van der Waals surface area contributed by atoms with E-state index in [1.165, 1.54) is 0 Å². The van der Waals surface area contributed by atoms with Gasteiger partial charge in [0.25, 0.3) is 0 Å². The summed E-state index contributed by atoms with van der Waals surface area (Å²) >= 11 is 0. The third-order valence-corrected chi connectivity index (χ3v) is 5.99. The first-order chi connectivity index (χ1) is 13.0. The van der Waals surface area contributed by atoms with Crippen LogP contribution in [-0.2, 0) is 28.6 Å². The average molecular weight is 382 g/mol. The Morgan fingerprint density at radius 1 is 1.11 bits per heavy atom. The predicted octanol–water partition coefficient (Wildman–Crippen LogP) is 2.33. The Morgan fingerprint density at radius 3 is 2.74 bits per heavy atom. The summed E-state index contributed by atoms with van der Waals surface area (Å²) in [6.07, 6.45) is 3.77. The molecule has 2 N–H and O–H groups in total. The van der Waals surface area contributed by atoms with Crippen LogP contribution in [-0.4, -0.2) is 34.2 Å². The van der Waals surface area contributed by atoms with Crippen molar-refractivity contribution in [3.8, 4) is 17.1 Å². The van der Waals surface area contributed by atoms with Crippen molar-refractivity contribution in [3.63, 3.8) is 0 Å². The molecule has 3 aromatic rings. The van der Waals surface area contributed by atoms with Crippen molar-refractivity contribution in [2.75, 3.05) is 11.1 Å². The smallest absolute Gasteiger partial charge is 0.165 e. The van der Waals surface area contributed by atoms with E-state index in [4.69, 9.17) is 0 Å². The number of nitrogens with one attached hydrogen (secondary N) is 1. The fourth-order valence-electron chi connectivity index (χ4n) is 3.05. The largest absolute Gasteiger partial charge is 0.507 e. The van der Waals surface area contributed by atoms with E-state index in [2.05, 4.69) is 20.3 Å². The molecule has 0 radical (unpaired) electrons. The third-order valence-electron chi connectivity index (χ3n) is 4.43. The number of aromatic nitrogens is 3. The second kappa shape index (κ2) is 6.96. The van der Waals surface area contributed by atoms with Crippen molar-refractivity contribution >= 4 is 15.7 Å². The lowest BCUT2D eigenvalue weighted by Crippen LogP contribution is -2.23. The number of aromatic hydroxyl groups is 1. The lowest BCUT2D eigenvalue weighted by Gasteiger charge is -2.20. The molecule has 0 saturated heterocycles. The molecule has 138 valence electrons. The molecular weight excluding hydrogens is 364 g/mol. The highest BCUT2D eigenvalue weighted by molar-refractivity contribution is 7.90. The molecule has 2 aromatic heterocycles. The number of para-hydroxylation sites is 1. The van der Waals surface area contributed by atoms with Gasteiger partial charge >= 0.3 is 0 Å². The second-order valence-corrected chi connectivity index (χ2v) is 8.58. The minimum absolute atomic E-state index is 0.0687. The number of sulfone groups is 1. The number of nitrogens with zero attached hydrogens (tertiary/aromatic N) is 3. The summed E-state index contributed by atoms with van der Waals surface area (Å²) in [7, 11) is -3.17. The normalized spacial score (nSPS) is 15.1. The molecule has 1 aliphatic heterocycles. The number of aryl methyl sites for hydroxylation is 1. The van der Waals surface area contributed by atoms with Crippen LogP contribution >= 0.6 is 0 Å². The highest BCUT2D eigenvalue weighted by Gasteiger charge is 2.27. The SMILES string of the molecule is O=S1(=O)CCc2nc(-c3ccccc3O)nc(NCc3cccnc3)c2C1. The van der Waals surface area contributed by atoms with Crippen molar-refractivity contribution in [3.05, 3.63) is 65.6 Å². The summed E-state index contributed by atoms with van der Waals surface area (Å²) in [4.78, 5) is 13.2. The van der Waals surface area contributed by atoms with Crippen molar-refractivity contribution in [1.82, 2.24) is 15.0 Å². The summed E-state index contributed by atoms with van der Waals surface area (Å²) in [6, 6.07) is 10.6. The molecule has 0 atom stereocenters. The molecule has 0 unspecified atom stereocenters. The number of fused-ring (bicyclic) bond motifs is 1. The zero-order valence-corrected chi connectivity index (χ0v) is 15.3. The Hall–Kier alpha value is -3.00. The Balaban J connectivity index is 1.77. The monoisotopic (exact) mass is 382 g/mol. The summed E-state index contributed by atoms with van der Waals surface area (Å²) in [5.41, 5.74) is 2.77. The summed E-state index contributed by atoms with van der Waals surface area (Å²) in [6.45, 7) is 0.456. The van der Waals surface area contributed by atoms with Crippen LogP contribution in [0, 0.1) is 0 Å². The van der Waals surface area contributed by atoms with Gasteiger partial charge in [0.1, 0.15) is 11.6 Å². The van der Waals surface area contributed by atoms with Gasteiger partial charge in [-0.2, -0.15) is 0 Å². The van der Waals surface area contributed by atoms with Gasteiger partial charge in [-0.05, 0) is 23.8 Å². The minimum atomic E-state index is -3.17.